The number of benzene rings is 2. The van der Waals surface area contributed by atoms with Crippen molar-refractivity contribution in [3.63, 3.8) is 0 Å². The first-order valence-electron chi connectivity index (χ1n) is 7.25. The van der Waals surface area contributed by atoms with E-state index in [1.807, 2.05) is 54.6 Å². The van der Waals surface area contributed by atoms with E-state index < -0.39 is 0 Å². The minimum absolute atomic E-state index is 0.0138. The van der Waals surface area contributed by atoms with Crippen molar-refractivity contribution in [1.29, 1.82) is 0 Å². The van der Waals surface area contributed by atoms with E-state index in [0.29, 0.717) is 5.11 Å². The second-order valence-electron chi connectivity index (χ2n) is 5.29. The number of thiocarbonyl (C=S) groups is 1. The molecular weight excluding hydrogens is 294 g/mol. The molecule has 0 bridgehead atoms. The van der Waals surface area contributed by atoms with E-state index in [1.54, 1.807) is 0 Å². The van der Waals surface area contributed by atoms with Crippen molar-refractivity contribution in [2.45, 2.75) is 12.8 Å². The number of rotatable bonds is 4. The molecule has 1 saturated carbocycles. The van der Waals surface area contributed by atoms with Gasteiger partial charge in [-0.1, -0.05) is 18.2 Å². The molecule has 1 fully saturated rings. The second-order valence-corrected chi connectivity index (χ2v) is 5.69. The molecular formula is C17H17N3OS. The van der Waals surface area contributed by atoms with Crippen LogP contribution in [0.1, 0.15) is 12.8 Å². The Balaban J connectivity index is 1.54. The van der Waals surface area contributed by atoms with Crippen LogP contribution in [-0.2, 0) is 4.79 Å². The van der Waals surface area contributed by atoms with Gasteiger partial charge in [-0.15, -0.1) is 0 Å². The van der Waals surface area contributed by atoms with Crippen LogP contribution in [0.4, 0.5) is 17.1 Å². The van der Waals surface area contributed by atoms with Gasteiger partial charge >= 0.3 is 0 Å². The Hall–Kier alpha value is -2.40. The van der Waals surface area contributed by atoms with Crippen LogP contribution in [0.5, 0.6) is 0 Å². The van der Waals surface area contributed by atoms with E-state index >= 15 is 0 Å². The van der Waals surface area contributed by atoms with Gasteiger partial charge in [0.15, 0.2) is 5.11 Å². The minimum atomic E-state index is 0.0138. The summed E-state index contributed by atoms with van der Waals surface area (Å²) in [6.45, 7) is 0. The fraction of sp³-hybridized carbons (Fsp3) is 0.176. The van der Waals surface area contributed by atoms with Gasteiger partial charge in [0.05, 0.1) is 0 Å². The first-order chi connectivity index (χ1) is 10.7. The van der Waals surface area contributed by atoms with Gasteiger partial charge in [-0.2, -0.15) is 0 Å². The molecule has 0 radical (unpaired) electrons. The highest BCUT2D eigenvalue weighted by atomic mass is 32.1. The van der Waals surface area contributed by atoms with Crippen molar-refractivity contribution in [2.24, 2.45) is 5.92 Å². The number of anilines is 3. The summed E-state index contributed by atoms with van der Waals surface area (Å²) in [6, 6.07) is 17.7. The summed E-state index contributed by atoms with van der Waals surface area (Å²) >= 11 is 5.14. The third-order valence-electron chi connectivity index (χ3n) is 3.39. The first-order valence-corrected chi connectivity index (χ1v) is 7.65. The largest absolute Gasteiger partial charge is 0.356 e. The third-order valence-corrected chi connectivity index (χ3v) is 3.59. The zero-order valence-electron chi connectivity index (χ0n) is 12.0. The minimum Gasteiger partial charge on any atom is -0.356 e. The molecule has 2 aromatic carbocycles. The van der Waals surface area contributed by atoms with Crippen molar-refractivity contribution >= 4 is 40.3 Å². The molecule has 3 N–H and O–H groups in total. The lowest BCUT2D eigenvalue weighted by Gasteiger charge is -2.10. The van der Waals surface area contributed by atoms with Gasteiger partial charge in [-0.25, -0.2) is 0 Å². The molecule has 0 saturated heterocycles. The highest BCUT2D eigenvalue weighted by Crippen LogP contribution is 2.28. The highest BCUT2D eigenvalue weighted by molar-refractivity contribution is 7.80. The maximum atomic E-state index is 11.6. The predicted octanol–water partition coefficient (Wildman–Crippen LogP) is 3.65. The zero-order valence-corrected chi connectivity index (χ0v) is 12.8. The second kappa shape index (κ2) is 6.58. The van der Waals surface area contributed by atoms with Crippen molar-refractivity contribution in [3.8, 4) is 0 Å². The van der Waals surface area contributed by atoms with Gasteiger partial charge in [0, 0.05) is 23.0 Å². The normalized spacial score (nSPS) is 13.3. The molecule has 0 heterocycles. The quantitative estimate of drug-likeness (QED) is 0.754. The van der Waals surface area contributed by atoms with Gasteiger partial charge < -0.3 is 16.0 Å². The summed E-state index contributed by atoms with van der Waals surface area (Å²) in [4.78, 5) is 11.6. The molecule has 2 aromatic rings. The molecule has 3 rings (SSSR count). The first kappa shape index (κ1) is 14.5. The van der Waals surface area contributed by atoms with E-state index in [9.17, 15) is 4.79 Å². The number of carbonyl (C=O) groups is 1. The van der Waals surface area contributed by atoms with Crippen LogP contribution >= 0.6 is 12.2 Å². The fourth-order valence-electron chi connectivity index (χ4n) is 2.05. The maximum Gasteiger partial charge on any atom is 0.229 e. The van der Waals surface area contributed by atoms with Crippen LogP contribution in [0.3, 0.4) is 0 Å². The monoisotopic (exact) mass is 311 g/mol. The Labute approximate surface area is 134 Å². The molecule has 5 heteroatoms. The standard InChI is InChI=1S/C17H17N3OS/c21-16(12-6-7-12)20-17(22)19-15-10-8-14(9-11-15)18-13-4-2-1-3-5-13/h1-5,8-12,18H,6-7H2,(H2,19,20,21,22). The highest BCUT2D eigenvalue weighted by Gasteiger charge is 2.29. The molecule has 0 atom stereocenters. The smallest absolute Gasteiger partial charge is 0.229 e. The van der Waals surface area contributed by atoms with Crippen molar-refractivity contribution < 1.29 is 4.79 Å². The molecule has 4 nitrogen and oxygen atoms in total. The molecule has 0 unspecified atom stereocenters. The van der Waals surface area contributed by atoms with Crippen molar-refractivity contribution in [2.75, 3.05) is 10.6 Å². The summed E-state index contributed by atoms with van der Waals surface area (Å²) in [5.41, 5.74) is 2.87. The molecule has 1 amide bonds. The summed E-state index contributed by atoms with van der Waals surface area (Å²) in [5, 5.41) is 9.39. The zero-order chi connectivity index (χ0) is 15.4. The molecule has 1 aliphatic rings. The van der Waals surface area contributed by atoms with Gasteiger partial charge in [0.1, 0.15) is 0 Å². The summed E-state index contributed by atoms with van der Waals surface area (Å²) in [5.74, 6) is 0.164. The molecule has 0 spiro atoms. The molecule has 0 aliphatic heterocycles. The lowest BCUT2D eigenvalue weighted by atomic mass is 10.2. The van der Waals surface area contributed by atoms with E-state index in [2.05, 4.69) is 16.0 Å². The van der Waals surface area contributed by atoms with Gasteiger partial charge in [0.25, 0.3) is 0 Å². The number of nitrogens with one attached hydrogen (secondary N) is 3. The van der Waals surface area contributed by atoms with Gasteiger partial charge in [-0.05, 0) is 61.5 Å². The number of hydrogen-bond acceptors (Lipinski definition) is 3. The van der Waals surface area contributed by atoms with Crippen LogP contribution in [0.15, 0.2) is 54.6 Å². The fourth-order valence-corrected chi connectivity index (χ4v) is 2.27. The van der Waals surface area contributed by atoms with Crippen LogP contribution in [0, 0.1) is 5.92 Å². The number of hydrogen-bond donors (Lipinski definition) is 3. The number of carbonyl (C=O) groups excluding carboxylic acids is 1. The molecule has 22 heavy (non-hydrogen) atoms. The molecule has 112 valence electrons. The average Bonchev–Trinajstić information content (AvgIpc) is 3.35. The maximum absolute atomic E-state index is 11.6. The van der Waals surface area contributed by atoms with Crippen LogP contribution < -0.4 is 16.0 Å². The van der Waals surface area contributed by atoms with E-state index in [1.165, 1.54) is 0 Å². The van der Waals surface area contributed by atoms with Gasteiger partial charge in [-0.3, -0.25) is 4.79 Å². The van der Waals surface area contributed by atoms with Crippen molar-refractivity contribution in [1.82, 2.24) is 5.32 Å². The third kappa shape index (κ3) is 4.05. The van der Waals surface area contributed by atoms with Crippen LogP contribution in [0.25, 0.3) is 0 Å². The Morgan fingerprint density at radius 3 is 2.14 bits per heavy atom. The Kier molecular flexibility index (Phi) is 4.34. The Morgan fingerprint density at radius 1 is 0.909 bits per heavy atom. The van der Waals surface area contributed by atoms with Crippen molar-refractivity contribution in [3.05, 3.63) is 54.6 Å². The predicted molar refractivity (Wildman–Crippen MR) is 93.3 cm³/mol. The molecule has 0 aromatic heterocycles. The van der Waals surface area contributed by atoms with Gasteiger partial charge in [0.2, 0.25) is 5.91 Å². The Morgan fingerprint density at radius 2 is 1.50 bits per heavy atom. The lowest BCUT2D eigenvalue weighted by molar-refractivity contribution is -0.120. The van der Waals surface area contributed by atoms with E-state index in [-0.39, 0.29) is 11.8 Å². The van der Waals surface area contributed by atoms with Crippen LogP contribution in [-0.4, -0.2) is 11.0 Å². The lowest BCUT2D eigenvalue weighted by Crippen LogP contribution is -2.35. The number of para-hydroxylation sites is 1. The van der Waals surface area contributed by atoms with Crippen LogP contribution in [0.2, 0.25) is 0 Å². The van der Waals surface area contributed by atoms with E-state index in [0.717, 1.165) is 29.9 Å². The summed E-state index contributed by atoms with van der Waals surface area (Å²) in [7, 11) is 0. The summed E-state index contributed by atoms with van der Waals surface area (Å²) < 4.78 is 0. The Bertz CT molecular complexity index is 666. The summed E-state index contributed by atoms with van der Waals surface area (Å²) in [6.07, 6.45) is 1.93. The topological polar surface area (TPSA) is 53.2 Å². The molecule has 1 aliphatic carbocycles. The van der Waals surface area contributed by atoms with E-state index in [4.69, 9.17) is 12.2 Å². The number of amides is 1. The average molecular weight is 311 g/mol. The SMILES string of the molecule is O=C(NC(=S)Nc1ccc(Nc2ccccc2)cc1)C1CC1.